The van der Waals surface area contributed by atoms with Gasteiger partial charge >= 0.3 is 0 Å². The normalized spacial score (nSPS) is 44.6. The molecule has 9 aliphatic carbocycles. The SMILES string of the molecule is COCCC1CCC(N(C2CCC(C3CCC(C4CCC(N(C5CCC(CCOC)CC5)C5CCCC6CCCCC65)CC4)CC3)CC2)C2CCCC3CCCCC32)CC1. The highest BCUT2D eigenvalue weighted by Crippen LogP contribution is 2.51. The van der Waals surface area contributed by atoms with Crippen LogP contribution in [0.2, 0.25) is 0 Å². The van der Waals surface area contributed by atoms with Crippen LogP contribution >= 0.6 is 0 Å². The molecule has 9 saturated carbocycles. The van der Waals surface area contributed by atoms with Crippen molar-refractivity contribution in [2.45, 2.75) is 267 Å². The summed E-state index contributed by atoms with van der Waals surface area (Å²) in [4.78, 5) is 6.66. The second kappa shape index (κ2) is 22.4. The van der Waals surface area contributed by atoms with Gasteiger partial charge in [-0.2, -0.15) is 0 Å². The summed E-state index contributed by atoms with van der Waals surface area (Å²) < 4.78 is 11.0. The van der Waals surface area contributed by atoms with Crippen LogP contribution in [0.4, 0.5) is 0 Å². The van der Waals surface area contributed by atoms with E-state index in [0.717, 1.165) is 109 Å². The van der Waals surface area contributed by atoms with E-state index in [1.54, 1.807) is 89.9 Å². The molecule has 60 heavy (non-hydrogen) atoms. The lowest BCUT2D eigenvalue weighted by molar-refractivity contribution is -0.0457. The Morgan fingerprint density at radius 1 is 0.300 bits per heavy atom. The van der Waals surface area contributed by atoms with Gasteiger partial charge < -0.3 is 9.47 Å². The van der Waals surface area contributed by atoms with Crippen LogP contribution in [0.15, 0.2) is 0 Å². The lowest BCUT2D eigenvalue weighted by atomic mass is 9.64. The molecular formula is C56H98N2O2. The monoisotopic (exact) mass is 831 g/mol. The highest BCUT2D eigenvalue weighted by Gasteiger charge is 2.47. The van der Waals surface area contributed by atoms with Crippen LogP contribution in [-0.4, -0.2) is 73.5 Å². The van der Waals surface area contributed by atoms with Crippen molar-refractivity contribution in [1.29, 1.82) is 0 Å². The summed E-state index contributed by atoms with van der Waals surface area (Å²) in [6, 6.07) is 5.36. The zero-order valence-corrected chi connectivity index (χ0v) is 39.8. The number of nitrogens with zero attached hydrogens (tertiary/aromatic N) is 2. The first-order valence-electron chi connectivity index (χ1n) is 28.2. The minimum absolute atomic E-state index is 0.876. The highest BCUT2D eigenvalue weighted by atomic mass is 16.5. The molecule has 0 heterocycles. The summed E-state index contributed by atoms with van der Waals surface area (Å²) in [5, 5.41) is 0. The Bertz CT molecular complexity index is 1120. The summed E-state index contributed by atoms with van der Waals surface area (Å²) in [7, 11) is 3.80. The molecule has 0 saturated heterocycles. The predicted octanol–water partition coefficient (Wildman–Crippen LogP) is 14.4. The summed E-state index contributed by atoms with van der Waals surface area (Å²) in [5.74, 6) is 10.1. The fourth-order valence-electron chi connectivity index (χ4n) is 18.1. The molecule has 9 aliphatic rings. The van der Waals surface area contributed by atoms with E-state index >= 15 is 0 Å². The van der Waals surface area contributed by atoms with Gasteiger partial charge in [-0.25, -0.2) is 0 Å². The van der Waals surface area contributed by atoms with Gasteiger partial charge in [0.05, 0.1) is 0 Å². The van der Waals surface area contributed by atoms with Gasteiger partial charge in [-0.15, -0.1) is 0 Å². The molecule has 0 amide bonds. The van der Waals surface area contributed by atoms with E-state index in [2.05, 4.69) is 9.80 Å². The Hall–Kier alpha value is -0.160. The van der Waals surface area contributed by atoms with E-state index in [4.69, 9.17) is 9.47 Å². The summed E-state index contributed by atoms with van der Waals surface area (Å²) in [6.45, 7) is 1.94. The lowest BCUT2D eigenvalue weighted by Crippen LogP contribution is -2.56. The first-order valence-corrected chi connectivity index (χ1v) is 28.2. The number of hydrogen-bond donors (Lipinski definition) is 0. The average molecular weight is 831 g/mol. The van der Waals surface area contributed by atoms with Crippen LogP contribution in [0.1, 0.15) is 231 Å². The fourth-order valence-corrected chi connectivity index (χ4v) is 18.1. The van der Waals surface area contributed by atoms with Crippen LogP contribution in [0.5, 0.6) is 0 Å². The van der Waals surface area contributed by atoms with E-state index in [0.29, 0.717) is 0 Å². The van der Waals surface area contributed by atoms with Gasteiger partial charge in [-0.3, -0.25) is 9.80 Å². The zero-order chi connectivity index (χ0) is 40.7. The molecule has 6 unspecified atom stereocenters. The van der Waals surface area contributed by atoms with Crippen LogP contribution in [0.3, 0.4) is 0 Å². The molecule has 0 aliphatic heterocycles. The van der Waals surface area contributed by atoms with E-state index < -0.39 is 0 Å². The average Bonchev–Trinajstić information content (AvgIpc) is 3.32. The van der Waals surface area contributed by atoms with E-state index in [-0.39, 0.29) is 0 Å². The van der Waals surface area contributed by atoms with Crippen LogP contribution in [0, 0.1) is 59.2 Å². The molecule has 0 aromatic rings. The summed E-state index contributed by atoms with van der Waals surface area (Å²) in [6.07, 6.45) is 54.4. The van der Waals surface area contributed by atoms with E-state index in [9.17, 15) is 0 Å². The second-order valence-corrected chi connectivity index (χ2v) is 24.0. The Balaban J connectivity index is 0.770. The maximum Gasteiger partial charge on any atom is 0.0464 e. The Labute approximate surface area is 372 Å². The topological polar surface area (TPSA) is 24.9 Å². The highest BCUT2D eigenvalue weighted by molar-refractivity contribution is 5.00. The molecule has 344 valence electrons. The number of methoxy groups -OCH3 is 2. The Kier molecular flexibility index (Phi) is 16.8. The van der Waals surface area contributed by atoms with Crippen LogP contribution < -0.4 is 0 Å². The van der Waals surface area contributed by atoms with Crippen molar-refractivity contribution in [3.63, 3.8) is 0 Å². The predicted molar refractivity (Wildman–Crippen MR) is 251 cm³/mol. The van der Waals surface area contributed by atoms with Crippen molar-refractivity contribution in [3.8, 4) is 0 Å². The molecule has 0 aromatic carbocycles. The molecule has 0 spiro atoms. The molecule has 6 atom stereocenters. The van der Waals surface area contributed by atoms with Gasteiger partial charge in [0.2, 0.25) is 0 Å². The van der Waals surface area contributed by atoms with E-state index in [1.165, 1.54) is 141 Å². The lowest BCUT2D eigenvalue weighted by Gasteiger charge is -2.54. The van der Waals surface area contributed by atoms with Crippen LogP contribution in [0.25, 0.3) is 0 Å². The van der Waals surface area contributed by atoms with Crippen molar-refractivity contribution in [3.05, 3.63) is 0 Å². The molecular weight excluding hydrogens is 733 g/mol. The molecule has 9 fully saturated rings. The minimum atomic E-state index is 0.876. The van der Waals surface area contributed by atoms with Crippen molar-refractivity contribution in [2.75, 3.05) is 27.4 Å². The second-order valence-electron chi connectivity index (χ2n) is 24.0. The maximum absolute atomic E-state index is 5.52. The van der Waals surface area contributed by atoms with Gasteiger partial charge in [0.1, 0.15) is 0 Å². The maximum atomic E-state index is 5.52. The molecule has 0 radical (unpaired) electrons. The van der Waals surface area contributed by atoms with Gasteiger partial charge in [0, 0.05) is 63.7 Å². The van der Waals surface area contributed by atoms with Crippen molar-refractivity contribution in [2.24, 2.45) is 59.2 Å². The Morgan fingerprint density at radius 3 is 0.950 bits per heavy atom. The van der Waals surface area contributed by atoms with Gasteiger partial charge in [-0.05, 0) is 226 Å². The summed E-state index contributed by atoms with van der Waals surface area (Å²) in [5.41, 5.74) is 0. The zero-order valence-electron chi connectivity index (χ0n) is 39.8. The standard InChI is InChI=1S/C56H98N2O2/c1-59-39-37-41-17-29-49(30-18-41)57(55-15-7-11-47-9-3-5-13-53(47)55)51-33-25-45(26-34-51)43-21-23-44(24-22-43)46-27-35-52(36-28-46)58(50-31-19-42(20-32-50)38-40-60-2)56-16-8-12-48-10-4-6-14-54(48)56/h41-56H,3-40H2,1-2H3. The van der Waals surface area contributed by atoms with Gasteiger partial charge in [-0.1, -0.05) is 64.2 Å². The van der Waals surface area contributed by atoms with Crippen LogP contribution in [-0.2, 0) is 9.47 Å². The smallest absolute Gasteiger partial charge is 0.0464 e. The Morgan fingerprint density at radius 2 is 0.600 bits per heavy atom. The summed E-state index contributed by atoms with van der Waals surface area (Å²) >= 11 is 0. The third kappa shape index (κ3) is 10.8. The minimum Gasteiger partial charge on any atom is -0.385 e. The van der Waals surface area contributed by atoms with Crippen molar-refractivity contribution in [1.82, 2.24) is 9.80 Å². The molecule has 9 rings (SSSR count). The number of rotatable bonds is 14. The van der Waals surface area contributed by atoms with E-state index in [1.807, 2.05) is 14.2 Å². The van der Waals surface area contributed by atoms with Crippen molar-refractivity contribution >= 4 is 0 Å². The van der Waals surface area contributed by atoms with Crippen molar-refractivity contribution < 1.29 is 9.47 Å². The molecule has 0 N–H and O–H groups in total. The molecule has 4 heteroatoms. The number of fused-ring (bicyclic) bond motifs is 2. The fraction of sp³-hybridized carbons (Fsp3) is 1.00. The first-order chi connectivity index (χ1) is 29.7. The largest absolute Gasteiger partial charge is 0.385 e. The number of hydrogen-bond acceptors (Lipinski definition) is 4. The molecule has 0 bridgehead atoms. The first kappa shape index (κ1) is 45.0. The van der Waals surface area contributed by atoms with Gasteiger partial charge in [0.15, 0.2) is 0 Å². The quantitative estimate of drug-likeness (QED) is 0.174. The third-order valence-electron chi connectivity index (χ3n) is 21.3. The third-order valence-corrected chi connectivity index (χ3v) is 21.3. The molecule has 0 aromatic heterocycles. The molecule has 4 nitrogen and oxygen atoms in total. The number of ether oxygens (including phenoxy) is 2. The van der Waals surface area contributed by atoms with Gasteiger partial charge in [0.25, 0.3) is 0 Å².